The maximum Gasteiger partial charge on any atom is 0.133 e. The number of hydrogen-bond acceptors (Lipinski definition) is 2. The van der Waals surface area contributed by atoms with Crippen molar-refractivity contribution in [3.05, 3.63) is 23.7 Å². The first-order chi connectivity index (χ1) is 5.45. The Labute approximate surface area is 67.1 Å². The smallest absolute Gasteiger partial charge is 0.133 e. The molecule has 2 aromatic rings. The number of aromatic nitrogens is 4. The molecule has 0 saturated carbocycles. The Morgan fingerprint density at radius 3 is 1.91 bits per heavy atom. The SMILES string of the molecule is c1nn(Cn2cpcn2)cp1. The van der Waals surface area contributed by atoms with Crippen LogP contribution in [0.2, 0.25) is 0 Å². The fraction of sp³-hybridized carbons (Fsp3) is 0.200. The molecule has 56 valence electrons. The highest BCUT2D eigenvalue weighted by Gasteiger charge is 1.90. The van der Waals surface area contributed by atoms with Gasteiger partial charge in [0.15, 0.2) is 0 Å². The molecule has 0 atom stereocenters. The van der Waals surface area contributed by atoms with Crippen molar-refractivity contribution in [1.82, 2.24) is 19.6 Å². The van der Waals surface area contributed by atoms with Crippen LogP contribution < -0.4 is 0 Å². The van der Waals surface area contributed by atoms with Crippen molar-refractivity contribution < 1.29 is 0 Å². The summed E-state index contributed by atoms with van der Waals surface area (Å²) in [5, 5.41) is 8.20. The zero-order valence-electron chi connectivity index (χ0n) is 5.70. The van der Waals surface area contributed by atoms with Gasteiger partial charge < -0.3 is 0 Å². The molecule has 0 aromatic carbocycles. The van der Waals surface area contributed by atoms with Crippen LogP contribution in [0.1, 0.15) is 0 Å². The van der Waals surface area contributed by atoms with Crippen molar-refractivity contribution in [2.24, 2.45) is 0 Å². The van der Waals surface area contributed by atoms with Crippen LogP contribution >= 0.6 is 16.4 Å². The molecule has 0 aliphatic heterocycles. The predicted molar refractivity (Wildman–Crippen MR) is 44.9 cm³/mol. The maximum absolute atomic E-state index is 4.10. The molecule has 0 aliphatic carbocycles. The van der Waals surface area contributed by atoms with E-state index in [0.717, 1.165) is 23.1 Å². The predicted octanol–water partition coefficient (Wildman–Crippen LogP) is 1.75. The minimum Gasteiger partial charge on any atom is -0.246 e. The molecule has 0 amide bonds. The molecule has 0 bridgehead atoms. The zero-order chi connectivity index (χ0) is 7.52. The van der Waals surface area contributed by atoms with Crippen LogP contribution in [0.5, 0.6) is 0 Å². The van der Waals surface area contributed by atoms with Crippen LogP contribution in [0.4, 0.5) is 0 Å². The van der Waals surface area contributed by atoms with Gasteiger partial charge in [-0.2, -0.15) is 10.2 Å². The third kappa shape index (κ3) is 1.65. The maximum atomic E-state index is 4.10. The van der Waals surface area contributed by atoms with Gasteiger partial charge in [-0.3, -0.25) is 0 Å². The molecule has 2 rings (SSSR count). The number of hydrogen-bond donors (Lipinski definition) is 0. The van der Waals surface area contributed by atoms with E-state index in [9.17, 15) is 0 Å². The van der Waals surface area contributed by atoms with Gasteiger partial charge in [-0.25, -0.2) is 9.36 Å². The van der Waals surface area contributed by atoms with E-state index in [-0.39, 0.29) is 0 Å². The number of nitrogens with zero attached hydrogens (tertiary/aromatic N) is 4. The summed E-state index contributed by atoms with van der Waals surface area (Å²) >= 11 is 0. The summed E-state index contributed by atoms with van der Waals surface area (Å²) in [6.07, 6.45) is 0. The lowest BCUT2D eigenvalue weighted by molar-refractivity contribution is 0.504. The van der Waals surface area contributed by atoms with E-state index in [1.54, 1.807) is 0 Å². The zero-order valence-corrected chi connectivity index (χ0v) is 7.49. The molecule has 0 unspecified atom stereocenters. The highest BCUT2D eigenvalue weighted by molar-refractivity contribution is 7.28. The van der Waals surface area contributed by atoms with E-state index >= 15 is 0 Å². The second-order valence-electron chi connectivity index (χ2n) is 2.01. The van der Waals surface area contributed by atoms with Gasteiger partial charge >= 0.3 is 0 Å². The summed E-state index contributed by atoms with van der Waals surface area (Å²) < 4.78 is 3.74. The fourth-order valence-corrected chi connectivity index (χ4v) is 1.84. The molecule has 2 heterocycles. The Bertz CT molecular complexity index is 269. The Morgan fingerprint density at radius 1 is 1.00 bits per heavy atom. The average Bonchev–Trinajstić information content (AvgIpc) is 2.60. The minimum atomic E-state index is 0.729. The summed E-state index contributed by atoms with van der Waals surface area (Å²) in [7, 11) is 2.31. The number of rotatable bonds is 2. The van der Waals surface area contributed by atoms with E-state index < -0.39 is 0 Å². The van der Waals surface area contributed by atoms with Crippen molar-refractivity contribution in [2.75, 3.05) is 0 Å². The first-order valence-electron chi connectivity index (χ1n) is 3.10. The van der Waals surface area contributed by atoms with Gasteiger partial charge in [-0.05, 0) is 16.4 Å². The summed E-state index contributed by atoms with van der Waals surface area (Å²) in [5.41, 5.74) is 0. The molecule has 0 spiro atoms. The van der Waals surface area contributed by atoms with E-state index in [1.807, 2.05) is 33.1 Å². The third-order valence-electron chi connectivity index (χ3n) is 1.22. The minimum absolute atomic E-state index is 0.729. The van der Waals surface area contributed by atoms with E-state index in [0.29, 0.717) is 0 Å². The van der Waals surface area contributed by atoms with Gasteiger partial charge in [0.1, 0.15) is 6.67 Å². The van der Waals surface area contributed by atoms with Gasteiger partial charge in [0, 0.05) is 0 Å². The van der Waals surface area contributed by atoms with Gasteiger partial charge in [0.2, 0.25) is 0 Å². The lowest BCUT2D eigenvalue weighted by Crippen LogP contribution is -2.08. The second kappa shape index (κ2) is 3.12. The van der Waals surface area contributed by atoms with Crippen molar-refractivity contribution >= 4 is 16.4 Å². The van der Waals surface area contributed by atoms with Crippen molar-refractivity contribution in [3.8, 4) is 0 Å². The van der Waals surface area contributed by atoms with Crippen LogP contribution in [0.15, 0.2) is 23.7 Å². The van der Waals surface area contributed by atoms with E-state index in [1.165, 1.54) is 0 Å². The monoisotopic (exact) mass is 184 g/mol. The largest absolute Gasteiger partial charge is 0.246 e. The normalized spacial score (nSPS) is 11.6. The molecule has 2 aromatic heterocycles. The molecule has 4 nitrogen and oxygen atoms in total. The Kier molecular flexibility index (Phi) is 1.97. The van der Waals surface area contributed by atoms with E-state index in [2.05, 4.69) is 10.2 Å². The summed E-state index contributed by atoms with van der Waals surface area (Å²) in [6.45, 7) is 0.729. The molecule has 0 saturated heterocycles. The summed E-state index contributed by atoms with van der Waals surface area (Å²) in [6, 6.07) is 0. The van der Waals surface area contributed by atoms with Crippen LogP contribution in [0.25, 0.3) is 0 Å². The Balaban J connectivity index is 2.14. The fourth-order valence-electron chi connectivity index (χ4n) is 0.760. The third-order valence-corrected chi connectivity index (χ3v) is 2.50. The van der Waals surface area contributed by atoms with Crippen LogP contribution in [-0.4, -0.2) is 19.6 Å². The quantitative estimate of drug-likeness (QED) is 0.712. The first-order valence-corrected chi connectivity index (χ1v) is 5.16. The Morgan fingerprint density at radius 2 is 1.55 bits per heavy atom. The molecule has 0 fully saturated rings. The van der Waals surface area contributed by atoms with E-state index in [4.69, 9.17) is 0 Å². The average molecular weight is 184 g/mol. The molecule has 0 N–H and O–H groups in total. The lowest BCUT2D eigenvalue weighted by atomic mass is 11.0. The molecule has 11 heavy (non-hydrogen) atoms. The molecule has 0 radical (unpaired) electrons. The van der Waals surface area contributed by atoms with Crippen LogP contribution in [0.3, 0.4) is 0 Å². The van der Waals surface area contributed by atoms with Gasteiger partial charge in [-0.1, -0.05) is 0 Å². The van der Waals surface area contributed by atoms with Gasteiger partial charge in [0.25, 0.3) is 0 Å². The molecule has 6 heteroatoms. The highest BCUT2D eigenvalue weighted by atomic mass is 31.0. The topological polar surface area (TPSA) is 35.6 Å². The molecular weight excluding hydrogens is 178 g/mol. The van der Waals surface area contributed by atoms with Crippen molar-refractivity contribution in [3.63, 3.8) is 0 Å². The van der Waals surface area contributed by atoms with Crippen LogP contribution in [0, 0.1) is 0 Å². The van der Waals surface area contributed by atoms with Crippen LogP contribution in [-0.2, 0) is 6.67 Å². The lowest BCUT2D eigenvalue weighted by Gasteiger charge is -1.98. The van der Waals surface area contributed by atoms with Gasteiger partial charge in [-0.15, -0.1) is 0 Å². The Hall–Kier alpha value is -0.720. The highest BCUT2D eigenvalue weighted by Crippen LogP contribution is 2.03. The van der Waals surface area contributed by atoms with Crippen molar-refractivity contribution in [1.29, 1.82) is 0 Å². The standard InChI is InChI=1S/C5H6N4P2/c1-6-8(4-10-1)3-9-5-11-2-7-9/h1-2,4-5H,3H2. The molecule has 0 aliphatic rings. The summed E-state index contributed by atoms with van der Waals surface area (Å²) in [4.78, 5) is 0. The van der Waals surface area contributed by atoms with Gasteiger partial charge in [0.05, 0.1) is 23.7 Å². The summed E-state index contributed by atoms with van der Waals surface area (Å²) in [5.74, 6) is 7.74. The second-order valence-corrected chi connectivity index (χ2v) is 3.53. The molecular formula is C5H6N4P2. The van der Waals surface area contributed by atoms with Crippen molar-refractivity contribution in [2.45, 2.75) is 6.67 Å². The first kappa shape index (κ1) is 6.96.